The number of hydrogen-bond acceptors (Lipinski definition) is 3. The zero-order chi connectivity index (χ0) is 20.6. The summed E-state index contributed by atoms with van der Waals surface area (Å²) in [5.74, 6) is 0.0459. The van der Waals surface area contributed by atoms with Gasteiger partial charge in [-0.2, -0.15) is 0 Å². The SMILES string of the molecule is O=C(Cc1ccc(-c2ccccc2)cc1)N[C@@H](CN1CCOCC1)c1ccccc1. The molecule has 0 saturated carbocycles. The lowest BCUT2D eigenvalue weighted by atomic mass is 10.0. The summed E-state index contributed by atoms with van der Waals surface area (Å²) in [6.45, 7) is 4.11. The molecule has 1 aliphatic rings. The van der Waals surface area contributed by atoms with Crippen LogP contribution in [0.1, 0.15) is 17.2 Å². The number of rotatable bonds is 7. The molecule has 1 amide bonds. The monoisotopic (exact) mass is 400 g/mol. The zero-order valence-electron chi connectivity index (χ0n) is 17.2. The second-order valence-corrected chi connectivity index (χ2v) is 7.68. The molecule has 1 N–H and O–H groups in total. The summed E-state index contributed by atoms with van der Waals surface area (Å²) in [5, 5.41) is 3.25. The summed E-state index contributed by atoms with van der Waals surface area (Å²) >= 11 is 0. The number of carbonyl (C=O) groups is 1. The molecule has 0 aromatic heterocycles. The number of nitrogens with one attached hydrogen (secondary N) is 1. The molecular weight excluding hydrogens is 372 g/mol. The fourth-order valence-corrected chi connectivity index (χ4v) is 3.84. The fourth-order valence-electron chi connectivity index (χ4n) is 3.84. The first-order chi connectivity index (χ1) is 14.8. The number of hydrogen-bond donors (Lipinski definition) is 1. The minimum absolute atomic E-state index is 0.0274. The Hall–Kier alpha value is -2.95. The van der Waals surface area contributed by atoms with Crippen molar-refractivity contribution in [2.45, 2.75) is 12.5 Å². The minimum Gasteiger partial charge on any atom is -0.379 e. The number of ether oxygens (including phenoxy) is 1. The highest BCUT2D eigenvalue weighted by molar-refractivity contribution is 5.79. The van der Waals surface area contributed by atoms with E-state index in [1.165, 1.54) is 5.56 Å². The van der Waals surface area contributed by atoms with Crippen molar-refractivity contribution in [3.05, 3.63) is 96.1 Å². The lowest BCUT2D eigenvalue weighted by molar-refractivity contribution is -0.121. The molecule has 0 radical (unpaired) electrons. The van der Waals surface area contributed by atoms with E-state index in [-0.39, 0.29) is 11.9 Å². The molecule has 1 heterocycles. The van der Waals surface area contributed by atoms with Crippen molar-refractivity contribution >= 4 is 5.91 Å². The summed E-state index contributed by atoms with van der Waals surface area (Å²) in [6, 6.07) is 28.7. The Morgan fingerprint density at radius 1 is 0.833 bits per heavy atom. The number of amides is 1. The number of morpholine rings is 1. The summed E-state index contributed by atoms with van der Waals surface area (Å²) in [7, 11) is 0. The first kappa shape index (κ1) is 20.3. The molecule has 1 aliphatic heterocycles. The predicted molar refractivity (Wildman–Crippen MR) is 120 cm³/mol. The molecule has 1 atom stereocenters. The van der Waals surface area contributed by atoms with Gasteiger partial charge in [0, 0.05) is 19.6 Å². The van der Waals surface area contributed by atoms with E-state index < -0.39 is 0 Å². The van der Waals surface area contributed by atoms with Crippen molar-refractivity contribution in [2.75, 3.05) is 32.8 Å². The second-order valence-electron chi connectivity index (χ2n) is 7.68. The van der Waals surface area contributed by atoms with E-state index in [1.807, 2.05) is 48.5 Å². The summed E-state index contributed by atoms with van der Waals surface area (Å²) in [5.41, 5.74) is 4.50. The number of benzene rings is 3. The maximum atomic E-state index is 12.8. The third kappa shape index (κ3) is 5.56. The molecule has 0 aliphatic carbocycles. The average molecular weight is 401 g/mol. The molecule has 4 heteroatoms. The quantitative estimate of drug-likeness (QED) is 0.650. The molecule has 3 aromatic carbocycles. The zero-order valence-corrected chi connectivity index (χ0v) is 17.2. The van der Waals surface area contributed by atoms with Crippen LogP contribution < -0.4 is 5.32 Å². The largest absolute Gasteiger partial charge is 0.379 e. The molecule has 0 spiro atoms. The Morgan fingerprint density at radius 3 is 2.10 bits per heavy atom. The van der Waals surface area contributed by atoms with Crippen LogP contribution >= 0.6 is 0 Å². The van der Waals surface area contributed by atoms with Gasteiger partial charge in [0.05, 0.1) is 25.7 Å². The van der Waals surface area contributed by atoms with Gasteiger partial charge in [-0.25, -0.2) is 0 Å². The molecule has 1 fully saturated rings. The first-order valence-electron chi connectivity index (χ1n) is 10.6. The Balaban J connectivity index is 1.40. The van der Waals surface area contributed by atoms with E-state index in [0.717, 1.165) is 49.5 Å². The molecule has 4 nitrogen and oxygen atoms in total. The van der Waals surface area contributed by atoms with Crippen LogP contribution in [0.5, 0.6) is 0 Å². The van der Waals surface area contributed by atoms with Crippen LogP contribution in [0.25, 0.3) is 11.1 Å². The van der Waals surface area contributed by atoms with E-state index in [4.69, 9.17) is 4.74 Å². The van der Waals surface area contributed by atoms with E-state index in [2.05, 4.69) is 46.6 Å². The van der Waals surface area contributed by atoms with Crippen LogP contribution in [0.3, 0.4) is 0 Å². The number of nitrogens with zero attached hydrogens (tertiary/aromatic N) is 1. The number of carbonyl (C=O) groups excluding carboxylic acids is 1. The normalized spacial score (nSPS) is 15.5. The van der Waals surface area contributed by atoms with Gasteiger partial charge >= 0.3 is 0 Å². The molecule has 0 unspecified atom stereocenters. The van der Waals surface area contributed by atoms with Gasteiger partial charge in [-0.3, -0.25) is 9.69 Å². The highest BCUT2D eigenvalue weighted by Gasteiger charge is 2.20. The maximum absolute atomic E-state index is 12.8. The van der Waals surface area contributed by atoms with Gasteiger partial charge in [0.2, 0.25) is 5.91 Å². The van der Waals surface area contributed by atoms with Crippen LogP contribution in [0.2, 0.25) is 0 Å². The van der Waals surface area contributed by atoms with E-state index in [9.17, 15) is 4.79 Å². The van der Waals surface area contributed by atoms with Crippen LogP contribution in [0, 0.1) is 0 Å². The van der Waals surface area contributed by atoms with Crippen LogP contribution in [-0.2, 0) is 16.0 Å². The van der Waals surface area contributed by atoms with Crippen molar-refractivity contribution in [1.29, 1.82) is 0 Å². The summed E-state index contributed by atoms with van der Waals surface area (Å²) in [6.07, 6.45) is 0.377. The third-order valence-corrected chi connectivity index (χ3v) is 5.51. The van der Waals surface area contributed by atoms with Gasteiger partial charge in [0.25, 0.3) is 0 Å². The fraction of sp³-hybridized carbons (Fsp3) is 0.269. The molecule has 3 aromatic rings. The van der Waals surface area contributed by atoms with Gasteiger partial charge in [0.1, 0.15) is 0 Å². The van der Waals surface area contributed by atoms with Crippen molar-refractivity contribution in [3.8, 4) is 11.1 Å². The predicted octanol–water partition coefficient (Wildman–Crippen LogP) is 4.09. The smallest absolute Gasteiger partial charge is 0.224 e. The van der Waals surface area contributed by atoms with E-state index >= 15 is 0 Å². The van der Waals surface area contributed by atoms with Crippen LogP contribution in [-0.4, -0.2) is 43.7 Å². The highest BCUT2D eigenvalue weighted by Crippen LogP contribution is 2.20. The maximum Gasteiger partial charge on any atom is 0.224 e. The molecule has 30 heavy (non-hydrogen) atoms. The van der Waals surface area contributed by atoms with Crippen molar-refractivity contribution in [3.63, 3.8) is 0 Å². The van der Waals surface area contributed by atoms with Crippen molar-refractivity contribution in [1.82, 2.24) is 10.2 Å². The van der Waals surface area contributed by atoms with Crippen molar-refractivity contribution < 1.29 is 9.53 Å². The minimum atomic E-state index is -0.0274. The van der Waals surface area contributed by atoms with E-state index in [1.54, 1.807) is 0 Å². The van der Waals surface area contributed by atoms with Crippen molar-refractivity contribution in [2.24, 2.45) is 0 Å². The average Bonchev–Trinajstić information content (AvgIpc) is 2.81. The van der Waals surface area contributed by atoms with Gasteiger partial charge in [-0.15, -0.1) is 0 Å². The second kappa shape index (κ2) is 10.2. The Kier molecular flexibility index (Phi) is 6.91. The van der Waals surface area contributed by atoms with Gasteiger partial charge in [0.15, 0.2) is 0 Å². The lowest BCUT2D eigenvalue weighted by Crippen LogP contribution is -2.43. The topological polar surface area (TPSA) is 41.6 Å². The third-order valence-electron chi connectivity index (χ3n) is 5.51. The van der Waals surface area contributed by atoms with Gasteiger partial charge < -0.3 is 10.1 Å². The molecular formula is C26H28N2O2. The summed E-state index contributed by atoms with van der Waals surface area (Å²) in [4.78, 5) is 15.2. The first-order valence-corrected chi connectivity index (χ1v) is 10.6. The summed E-state index contributed by atoms with van der Waals surface area (Å²) < 4.78 is 5.46. The Morgan fingerprint density at radius 2 is 1.43 bits per heavy atom. The Labute approximate surface area is 178 Å². The highest BCUT2D eigenvalue weighted by atomic mass is 16.5. The lowest BCUT2D eigenvalue weighted by Gasteiger charge is -2.31. The molecule has 4 rings (SSSR count). The van der Waals surface area contributed by atoms with Crippen LogP contribution in [0.4, 0.5) is 0 Å². The molecule has 1 saturated heterocycles. The van der Waals surface area contributed by atoms with Gasteiger partial charge in [-0.05, 0) is 22.3 Å². The standard InChI is InChI=1S/C26H28N2O2/c29-26(19-21-11-13-23(14-12-21)22-7-3-1-4-8-22)27-25(24-9-5-2-6-10-24)20-28-15-17-30-18-16-28/h1-14,25H,15-20H2,(H,27,29)/t25-/m0/s1. The molecule has 0 bridgehead atoms. The van der Waals surface area contributed by atoms with Crippen LogP contribution in [0.15, 0.2) is 84.9 Å². The Bertz CT molecular complexity index is 920. The molecule has 154 valence electrons. The van der Waals surface area contributed by atoms with Gasteiger partial charge in [-0.1, -0.05) is 84.9 Å². The van der Waals surface area contributed by atoms with E-state index in [0.29, 0.717) is 6.42 Å².